The summed E-state index contributed by atoms with van der Waals surface area (Å²) in [5.41, 5.74) is 0. The van der Waals surface area contributed by atoms with Gasteiger partial charge in [-0.2, -0.15) is 0 Å². The average Bonchev–Trinajstić information content (AvgIpc) is 2.09. The van der Waals surface area contributed by atoms with Gasteiger partial charge in [0.25, 0.3) is 0 Å². The molecule has 0 rings (SSSR count). The van der Waals surface area contributed by atoms with Crippen LogP contribution >= 0.6 is 0 Å². The van der Waals surface area contributed by atoms with Crippen LogP contribution in [0.3, 0.4) is 0 Å². The van der Waals surface area contributed by atoms with E-state index in [1.807, 2.05) is 6.92 Å². The van der Waals surface area contributed by atoms with Gasteiger partial charge in [-0.05, 0) is 32.6 Å². The second kappa shape index (κ2) is 8.52. The van der Waals surface area contributed by atoms with Crippen LogP contribution in [0.25, 0.3) is 0 Å². The van der Waals surface area contributed by atoms with Crippen molar-refractivity contribution in [1.29, 1.82) is 0 Å². The van der Waals surface area contributed by atoms with Crippen LogP contribution in [0, 0.1) is 5.92 Å². The van der Waals surface area contributed by atoms with Gasteiger partial charge in [0, 0.05) is 19.2 Å². The van der Waals surface area contributed by atoms with E-state index in [1.165, 1.54) is 12.8 Å². The first-order valence-electron chi connectivity index (χ1n) is 5.48. The van der Waals surface area contributed by atoms with Gasteiger partial charge >= 0.3 is 0 Å². The number of rotatable bonds is 8. The summed E-state index contributed by atoms with van der Waals surface area (Å²) in [6.45, 7) is 11.5. The van der Waals surface area contributed by atoms with E-state index in [1.54, 1.807) is 0 Å². The summed E-state index contributed by atoms with van der Waals surface area (Å²) in [5, 5.41) is 3.45. The molecule has 0 heterocycles. The van der Waals surface area contributed by atoms with Crippen molar-refractivity contribution in [2.45, 2.75) is 46.6 Å². The van der Waals surface area contributed by atoms with Gasteiger partial charge in [-0.1, -0.05) is 13.8 Å². The van der Waals surface area contributed by atoms with E-state index < -0.39 is 0 Å². The van der Waals surface area contributed by atoms with Crippen LogP contribution in [0.15, 0.2) is 0 Å². The van der Waals surface area contributed by atoms with Crippen LogP contribution in [0.4, 0.5) is 0 Å². The van der Waals surface area contributed by atoms with E-state index in [4.69, 9.17) is 4.74 Å². The first-order chi connectivity index (χ1) is 6.16. The summed E-state index contributed by atoms with van der Waals surface area (Å²) < 4.78 is 5.25. The topological polar surface area (TPSA) is 21.3 Å². The summed E-state index contributed by atoms with van der Waals surface area (Å²) in [6, 6.07) is 0.628. The van der Waals surface area contributed by atoms with E-state index in [9.17, 15) is 0 Å². The number of hydrogen-bond acceptors (Lipinski definition) is 2. The summed E-state index contributed by atoms with van der Waals surface area (Å²) in [5.74, 6) is 0.816. The van der Waals surface area contributed by atoms with Crippen molar-refractivity contribution in [3.05, 3.63) is 0 Å². The molecule has 2 nitrogen and oxygen atoms in total. The van der Waals surface area contributed by atoms with Crippen LogP contribution in [0.5, 0.6) is 0 Å². The third-order valence-corrected chi connectivity index (χ3v) is 2.12. The maximum Gasteiger partial charge on any atom is 0.0590 e. The van der Waals surface area contributed by atoms with Crippen LogP contribution < -0.4 is 5.32 Å². The lowest BCUT2D eigenvalue weighted by atomic mass is 10.0. The molecule has 2 heteroatoms. The molecule has 0 saturated heterocycles. The average molecular weight is 187 g/mol. The van der Waals surface area contributed by atoms with Crippen LogP contribution in [-0.4, -0.2) is 25.8 Å². The maximum atomic E-state index is 5.25. The zero-order valence-corrected chi connectivity index (χ0v) is 9.60. The Morgan fingerprint density at radius 2 is 1.85 bits per heavy atom. The molecule has 0 aromatic carbocycles. The Kier molecular flexibility index (Phi) is 8.46. The van der Waals surface area contributed by atoms with Crippen molar-refractivity contribution in [2.75, 3.05) is 19.8 Å². The molecule has 1 atom stereocenters. The number of nitrogens with one attached hydrogen (secondary N) is 1. The van der Waals surface area contributed by atoms with Gasteiger partial charge in [0.2, 0.25) is 0 Å². The molecular weight excluding hydrogens is 162 g/mol. The highest BCUT2D eigenvalue weighted by atomic mass is 16.5. The highest BCUT2D eigenvalue weighted by molar-refractivity contribution is 4.61. The second-order valence-corrected chi connectivity index (χ2v) is 4.02. The quantitative estimate of drug-likeness (QED) is 0.589. The molecule has 0 aliphatic heterocycles. The Morgan fingerprint density at radius 3 is 2.38 bits per heavy atom. The lowest BCUT2D eigenvalue weighted by Gasteiger charge is -2.14. The molecule has 0 amide bonds. The fraction of sp³-hybridized carbons (Fsp3) is 1.00. The van der Waals surface area contributed by atoms with E-state index >= 15 is 0 Å². The van der Waals surface area contributed by atoms with Gasteiger partial charge in [-0.3, -0.25) is 0 Å². The van der Waals surface area contributed by atoms with Gasteiger partial charge in [-0.15, -0.1) is 0 Å². The van der Waals surface area contributed by atoms with E-state index in [-0.39, 0.29) is 0 Å². The van der Waals surface area contributed by atoms with Crippen molar-refractivity contribution in [3.8, 4) is 0 Å². The van der Waals surface area contributed by atoms with Gasteiger partial charge in [0.05, 0.1) is 6.61 Å². The van der Waals surface area contributed by atoms with Crippen molar-refractivity contribution in [1.82, 2.24) is 5.32 Å². The van der Waals surface area contributed by atoms with E-state index in [0.717, 1.165) is 25.7 Å². The van der Waals surface area contributed by atoms with E-state index in [0.29, 0.717) is 6.04 Å². The molecule has 0 bridgehead atoms. The summed E-state index contributed by atoms with van der Waals surface area (Å²) in [6.07, 6.45) is 2.58. The van der Waals surface area contributed by atoms with Gasteiger partial charge in [0.15, 0.2) is 0 Å². The van der Waals surface area contributed by atoms with Crippen LogP contribution in [-0.2, 0) is 4.74 Å². The molecule has 1 unspecified atom stereocenters. The zero-order valence-electron chi connectivity index (χ0n) is 9.60. The van der Waals surface area contributed by atoms with Gasteiger partial charge in [-0.25, -0.2) is 0 Å². The first kappa shape index (κ1) is 12.9. The zero-order chi connectivity index (χ0) is 10.1. The SMILES string of the molecule is CCOCCNC(C)CCC(C)C. The van der Waals surface area contributed by atoms with Crippen molar-refractivity contribution in [2.24, 2.45) is 5.92 Å². The molecule has 0 aliphatic rings. The summed E-state index contributed by atoms with van der Waals surface area (Å²) in [7, 11) is 0. The highest BCUT2D eigenvalue weighted by Crippen LogP contribution is 2.05. The number of ether oxygens (including phenoxy) is 1. The molecule has 0 aromatic heterocycles. The van der Waals surface area contributed by atoms with Gasteiger partial charge < -0.3 is 10.1 Å². The fourth-order valence-electron chi connectivity index (χ4n) is 1.21. The lowest BCUT2D eigenvalue weighted by molar-refractivity contribution is 0.146. The van der Waals surface area contributed by atoms with Crippen LogP contribution in [0.2, 0.25) is 0 Å². The third kappa shape index (κ3) is 9.84. The Labute approximate surface area is 83.1 Å². The Morgan fingerprint density at radius 1 is 1.15 bits per heavy atom. The minimum Gasteiger partial charge on any atom is -0.380 e. The molecule has 1 N–H and O–H groups in total. The van der Waals surface area contributed by atoms with Crippen LogP contribution in [0.1, 0.15) is 40.5 Å². The highest BCUT2D eigenvalue weighted by Gasteiger charge is 2.01. The Hall–Kier alpha value is -0.0800. The molecule has 13 heavy (non-hydrogen) atoms. The smallest absolute Gasteiger partial charge is 0.0590 e. The second-order valence-electron chi connectivity index (χ2n) is 4.02. The molecule has 0 saturated carbocycles. The molecule has 0 aromatic rings. The molecule has 80 valence electrons. The molecular formula is C11H25NO. The van der Waals surface area contributed by atoms with Crippen molar-refractivity contribution < 1.29 is 4.74 Å². The van der Waals surface area contributed by atoms with Crippen molar-refractivity contribution >= 4 is 0 Å². The van der Waals surface area contributed by atoms with Crippen molar-refractivity contribution in [3.63, 3.8) is 0 Å². The Bertz CT molecular complexity index is 104. The third-order valence-electron chi connectivity index (χ3n) is 2.12. The van der Waals surface area contributed by atoms with E-state index in [2.05, 4.69) is 26.1 Å². The minimum absolute atomic E-state index is 0.628. The first-order valence-corrected chi connectivity index (χ1v) is 5.48. The minimum atomic E-state index is 0.628. The summed E-state index contributed by atoms with van der Waals surface area (Å²) >= 11 is 0. The normalized spacial score (nSPS) is 13.6. The Balaban J connectivity index is 3.15. The summed E-state index contributed by atoms with van der Waals surface area (Å²) in [4.78, 5) is 0. The lowest BCUT2D eigenvalue weighted by Crippen LogP contribution is -2.29. The molecule has 0 fully saturated rings. The molecule has 0 aliphatic carbocycles. The standard InChI is InChI=1S/C11H25NO/c1-5-13-9-8-12-11(4)7-6-10(2)3/h10-12H,5-9H2,1-4H3. The fourth-order valence-corrected chi connectivity index (χ4v) is 1.21. The predicted molar refractivity (Wildman–Crippen MR) is 58.0 cm³/mol. The molecule has 0 radical (unpaired) electrons. The predicted octanol–water partition coefficient (Wildman–Crippen LogP) is 2.44. The number of hydrogen-bond donors (Lipinski definition) is 1. The molecule has 0 spiro atoms. The van der Waals surface area contributed by atoms with Gasteiger partial charge in [0.1, 0.15) is 0 Å². The largest absolute Gasteiger partial charge is 0.380 e. The monoisotopic (exact) mass is 187 g/mol. The maximum absolute atomic E-state index is 5.25.